The first-order chi connectivity index (χ1) is 7.79. The van der Waals surface area contributed by atoms with Crippen LogP contribution in [0.1, 0.15) is 18.4 Å². The topological polar surface area (TPSA) is 34.1 Å². The normalized spacial score (nSPS) is 17.1. The molecule has 0 aliphatic heterocycles. The van der Waals surface area contributed by atoms with Crippen molar-refractivity contribution in [1.29, 1.82) is 0 Å². The molecule has 0 bridgehead atoms. The van der Waals surface area contributed by atoms with Gasteiger partial charge >= 0.3 is 0 Å². The number of rotatable bonds is 6. The van der Waals surface area contributed by atoms with Crippen LogP contribution in [0.4, 0.5) is 0 Å². The lowest BCUT2D eigenvalue weighted by Crippen LogP contribution is -2.25. The van der Waals surface area contributed by atoms with Crippen molar-refractivity contribution in [2.75, 3.05) is 19.9 Å². The van der Waals surface area contributed by atoms with Gasteiger partial charge < -0.3 is 10.1 Å². The van der Waals surface area contributed by atoms with Crippen molar-refractivity contribution in [1.82, 2.24) is 10.3 Å². The van der Waals surface area contributed by atoms with Crippen LogP contribution in [0, 0.1) is 0 Å². The highest BCUT2D eigenvalue weighted by Gasteiger charge is 2.41. The van der Waals surface area contributed by atoms with Crippen molar-refractivity contribution in [2.45, 2.75) is 24.1 Å². The Morgan fingerprint density at radius 2 is 2.38 bits per heavy atom. The summed E-state index contributed by atoms with van der Waals surface area (Å²) in [5.74, 6) is 0.726. The molecule has 1 aliphatic carbocycles. The van der Waals surface area contributed by atoms with Crippen LogP contribution in [0.15, 0.2) is 18.3 Å². The number of ether oxygens (including phenoxy) is 1. The largest absolute Gasteiger partial charge is 0.481 e. The van der Waals surface area contributed by atoms with E-state index in [1.165, 1.54) is 12.8 Å². The van der Waals surface area contributed by atoms with Gasteiger partial charge in [-0.05, 0) is 25.2 Å². The van der Waals surface area contributed by atoms with Gasteiger partial charge in [-0.25, -0.2) is 4.98 Å². The number of methoxy groups -OCH3 is 1. The Hall–Kier alpha value is -0.740. The van der Waals surface area contributed by atoms with Gasteiger partial charge in [0.1, 0.15) is 0 Å². The van der Waals surface area contributed by atoms with Crippen LogP contribution in [0.25, 0.3) is 0 Å². The van der Waals surface area contributed by atoms with Gasteiger partial charge in [-0.1, -0.05) is 6.07 Å². The molecule has 0 amide bonds. The first-order valence-corrected chi connectivity index (χ1v) is 6.76. The summed E-state index contributed by atoms with van der Waals surface area (Å²) >= 11 is 1.97. The maximum Gasteiger partial charge on any atom is 0.217 e. The van der Waals surface area contributed by atoms with Crippen LogP contribution in [0.3, 0.4) is 0 Å². The monoisotopic (exact) mass is 238 g/mol. The van der Waals surface area contributed by atoms with E-state index in [1.54, 1.807) is 13.3 Å². The minimum atomic E-state index is 0.509. The molecule has 0 spiro atoms. The van der Waals surface area contributed by atoms with Gasteiger partial charge in [-0.2, -0.15) is 11.8 Å². The molecule has 0 atom stereocenters. The van der Waals surface area contributed by atoms with Crippen molar-refractivity contribution in [3.8, 4) is 5.88 Å². The zero-order chi connectivity index (χ0) is 11.4. The Labute approximate surface area is 101 Å². The molecule has 0 saturated heterocycles. The lowest BCUT2D eigenvalue weighted by molar-refractivity contribution is 0.390. The number of nitrogens with one attached hydrogen (secondary N) is 1. The van der Waals surface area contributed by atoms with E-state index in [0.29, 0.717) is 4.75 Å². The van der Waals surface area contributed by atoms with Crippen LogP contribution in [0.2, 0.25) is 0 Å². The highest BCUT2D eigenvalue weighted by molar-refractivity contribution is 8.00. The average molecular weight is 238 g/mol. The van der Waals surface area contributed by atoms with Crippen molar-refractivity contribution in [3.63, 3.8) is 0 Å². The van der Waals surface area contributed by atoms with Crippen molar-refractivity contribution >= 4 is 11.8 Å². The number of nitrogens with zero attached hydrogens (tertiary/aromatic N) is 1. The predicted molar refractivity (Wildman–Crippen MR) is 68.0 cm³/mol. The van der Waals surface area contributed by atoms with Gasteiger partial charge in [-0.3, -0.25) is 0 Å². The van der Waals surface area contributed by atoms with Gasteiger partial charge in [0, 0.05) is 29.6 Å². The summed E-state index contributed by atoms with van der Waals surface area (Å²) in [5.41, 5.74) is 1.13. The third kappa shape index (κ3) is 2.68. The standard InChI is InChI=1S/C12H18N2OS/c1-15-11-10(4-3-7-14-11)8-13-9-12(16-2)5-6-12/h3-4,7,13H,5-6,8-9H2,1-2H3. The maximum absolute atomic E-state index is 5.21. The van der Waals surface area contributed by atoms with Crippen LogP contribution in [0.5, 0.6) is 5.88 Å². The molecule has 1 aromatic heterocycles. The molecule has 1 heterocycles. The van der Waals surface area contributed by atoms with Gasteiger partial charge in [0.25, 0.3) is 0 Å². The smallest absolute Gasteiger partial charge is 0.217 e. The van der Waals surface area contributed by atoms with Crippen LogP contribution in [-0.2, 0) is 6.54 Å². The van der Waals surface area contributed by atoms with Crippen LogP contribution < -0.4 is 10.1 Å². The second kappa shape index (κ2) is 5.06. The third-order valence-electron chi connectivity index (χ3n) is 3.05. The SMILES string of the molecule is COc1ncccc1CNCC1(SC)CC1. The average Bonchev–Trinajstić information content (AvgIpc) is 3.10. The summed E-state index contributed by atoms with van der Waals surface area (Å²) in [7, 11) is 1.66. The van der Waals surface area contributed by atoms with E-state index >= 15 is 0 Å². The summed E-state index contributed by atoms with van der Waals surface area (Å²) in [5, 5.41) is 3.49. The molecule has 3 nitrogen and oxygen atoms in total. The van der Waals surface area contributed by atoms with Gasteiger partial charge in [-0.15, -0.1) is 0 Å². The maximum atomic E-state index is 5.21. The van der Waals surface area contributed by atoms with E-state index in [0.717, 1.165) is 24.5 Å². The van der Waals surface area contributed by atoms with Crippen molar-refractivity contribution in [3.05, 3.63) is 23.9 Å². The molecule has 1 aliphatic rings. The van der Waals surface area contributed by atoms with E-state index in [2.05, 4.69) is 22.6 Å². The molecular weight excluding hydrogens is 220 g/mol. The van der Waals surface area contributed by atoms with Gasteiger partial charge in [0.2, 0.25) is 5.88 Å². The number of hydrogen-bond acceptors (Lipinski definition) is 4. The lowest BCUT2D eigenvalue weighted by atomic mass is 10.2. The quantitative estimate of drug-likeness (QED) is 0.823. The van der Waals surface area contributed by atoms with Crippen LogP contribution in [-0.4, -0.2) is 29.6 Å². The molecule has 1 aromatic rings. The molecule has 0 unspecified atom stereocenters. The summed E-state index contributed by atoms with van der Waals surface area (Å²) in [6, 6.07) is 4.00. The third-order valence-corrected chi connectivity index (χ3v) is 4.47. The number of hydrogen-bond donors (Lipinski definition) is 1. The molecule has 1 N–H and O–H groups in total. The fraction of sp³-hybridized carbons (Fsp3) is 0.583. The molecule has 4 heteroatoms. The second-order valence-electron chi connectivity index (χ2n) is 4.16. The molecule has 16 heavy (non-hydrogen) atoms. The Morgan fingerprint density at radius 3 is 3.00 bits per heavy atom. The zero-order valence-electron chi connectivity index (χ0n) is 9.82. The zero-order valence-corrected chi connectivity index (χ0v) is 10.6. The lowest BCUT2D eigenvalue weighted by Gasteiger charge is -2.13. The van der Waals surface area contributed by atoms with E-state index in [4.69, 9.17) is 4.74 Å². The number of pyridine rings is 1. The highest BCUT2D eigenvalue weighted by Crippen LogP contribution is 2.46. The Kier molecular flexibility index (Phi) is 3.71. The predicted octanol–water partition coefficient (Wildman–Crippen LogP) is 2.08. The summed E-state index contributed by atoms with van der Waals surface area (Å²) in [6.45, 7) is 1.91. The molecule has 1 saturated carbocycles. The fourth-order valence-electron chi connectivity index (χ4n) is 1.76. The molecule has 0 aromatic carbocycles. The number of thioether (sulfide) groups is 1. The van der Waals surface area contributed by atoms with E-state index in [-0.39, 0.29) is 0 Å². The minimum absolute atomic E-state index is 0.509. The highest BCUT2D eigenvalue weighted by atomic mass is 32.2. The van der Waals surface area contributed by atoms with Crippen molar-refractivity contribution in [2.24, 2.45) is 0 Å². The van der Waals surface area contributed by atoms with E-state index in [9.17, 15) is 0 Å². The first kappa shape index (κ1) is 11.7. The molecule has 2 rings (SSSR count). The summed E-state index contributed by atoms with van der Waals surface area (Å²) in [4.78, 5) is 4.18. The summed E-state index contributed by atoms with van der Waals surface area (Å²) in [6.07, 6.45) is 6.63. The first-order valence-electron chi connectivity index (χ1n) is 5.53. The fourth-order valence-corrected chi connectivity index (χ4v) is 2.52. The number of aromatic nitrogens is 1. The van der Waals surface area contributed by atoms with E-state index < -0.39 is 0 Å². The molecular formula is C12H18N2OS. The van der Waals surface area contributed by atoms with E-state index in [1.807, 2.05) is 17.8 Å². The molecule has 1 fully saturated rings. The van der Waals surface area contributed by atoms with Crippen LogP contribution >= 0.6 is 11.8 Å². The Bertz CT molecular complexity index is 353. The van der Waals surface area contributed by atoms with Crippen molar-refractivity contribution < 1.29 is 4.74 Å². The van der Waals surface area contributed by atoms with Gasteiger partial charge in [0.15, 0.2) is 0 Å². The second-order valence-corrected chi connectivity index (χ2v) is 5.44. The minimum Gasteiger partial charge on any atom is -0.481 e. The Morgan fingerprint density at radius 1 is 1.56 bits per heavy atom. The molecule has 0 radical (unpaired) electrons. The summed E-state index contributed by atoms with van der Waals surface area (Å²) < 4.78 is 5.72. The van der Waals surface area contributed by atoms with Gasteiger partial charge in [0.05, 0.1) is 7.11 Å². The Balaban J connectivity index is 1.85. The molecule has 88 valence electrons.